The Morgan fingerprint density at radius 3 is 2.58 bits per heavy atom. The number of nitrogens with two attached hydrogens (primary N) is 1. The molecule has 0 aliphatic heterocycles. The standard InChI is InChI=1S/C9H15NS.ClH/c1-7(2)6-8(10)9-4-3-5-11-9;/h3-5,7-8H,6,10H2,1-2H3;1H/t8-;/m1./s1. The molecule has 0 saturated heterocycles. The Hall–Kier alpha value is -0.0500. The summed E-state index contributed by atoms with van der Waals surface area (Å²) in [6.45, 7) is 4.40. The third-order valence-electron chi connectivity index (χ3n) is 1.63. The van der Waals surface area contributed by atoms with Gasteiger partial charge in [-0.15, -0.1) is 23.7 Å². The van der Waals surface area contributed by atoms with Gasteiger partial charge in [0.1, 0.15) is 0 Å². The Kier molecular flexibility index (Phi) is 5.55. The van der Waals surface area contributed by atoms with Gasteiger partial charge in [0.05, 0.1) is 0 Å². The summed E-state index contributed by atoms with van der Waals surface area (Å²) in [5.41, 5.74) is 5.95. The summed E-state index contributed by atoms with van der Waals surface area (Å²) in [5.74, 6) is 0.687. The second-order valence-corrected chi connectivity index (χ2v) is 4.23. The van der Waals surface area contributed by atoms with Crippen molar-refractivity contribution in [3.63, 3.8) is 0 Å². The molecule has 0 unspecified atom stereocenters. The van der Waals surface area contributed by atoms with E-state index in [2.05, 4.69) is 31.4 Å². The minimum Gasteiger partial charge on any atom is -0.323 e. The number of hydrogen-bond donors (Lipinski definition) is 1. The van der Waals surface area contributed by atoms with Crippen LogP contribution in [0.25, 0.3) is 0 Å². The molecule has 0 aromatic carbocycles. The van der Waals surface area contributed by atoms with Crippen molar-refractivity contribution in [3.8, 4) is 0 Å². The van der Waals surface area contributed by atoms with Crippen LogP contribution in [0.1, 0.15) is 31.2 Å². The average Bonchev–Trinajstić information content (AvgIpc) is 2.35. The summed E-state index contributed by atoms with van der Waals surface area (Å²) in [7, 11) is 0. The molecule has 1 nitrogen and oxygen atoms in total. The molecular formula is C9H16ClNS. The molecule has 0 radical (unpaired) electrons. The van der Waals surface area contributed by atoms with Crippen LogP contribution in [-0.4, -0.2) is 0 Å². The van der Waals surface area contributed by atoms with Crippen LogP contribution in [0.2, 0.25) is 0 Å². The van der Waals surface area contributed by atoms with Gasteiger partial charge in [-0.1, -0.05) is 19.9 Å². The lowest BCUT2D eigenvalue weighted by Gasteiger charge is -2.11. The SMILES string of the molecule is CC(C)C[C@@H](N)c1cccs1.Cl. The highest BCUT2D eigenvalue weighted by molar-refractivity contribution is 7.10. The highest BCUT2D eigenvalue weighted by Gasteiger charge is 2.07. The summed E-state index contributed by atoms with van der Waals surface area (Å²) in [6, 6.07) is 4.41. The quantitative estimate of drug-likeness (QED) is 0.806. The molecule has 0 aliphatic carbocycles. The lowest BCUT2D eigenvalue weighted by atomic mass is 10.0. The zero-order valence-corrected chi connectivity index (χ0v) is 9.12. The molecule has 0 amide bonds. The van der Waals surface area contributed by atoms with Crippen LogP contribution < -0.4 is 5.73 Å². The van der Waals surface area contributed by atoms with E-state index in [4.69, 9.17) is 5.73 Å². The molecular weight excluding hydrogens is 190 g/mol. The van der Waals surface area contributed by atoms with E-state index < -0.39 is 0 Å². The Balaban J connectivity index is 0.00000121. The van der Waals surface area contributed by atoms with Crippen molar-refractivity contribution in [2.45, 2.75) is 26.3 Å². The number of thiophene rings is 1. The minimum absolute atomic E-state index is 0. The zero-order chi connectivity index (χ0) is 8.27. The maximum absolute atomic E-state index is 5.95. The molecule has 0 fully saturated rings. The van der Waals surface area contributed by atoms with E-state index in [0.29, 0.717) is 5.92 Å². The van der Waals surface area contributed by atoms with Crippen molar-refractivity contribution in [2.24, 2.45) is 11.7 Å². The third-order valence-corrected chi connectivity index (χ3v) is 2.64. The molecule has 3 heteroatoms. The van der Waals surface area contributed by atoms with Gasteiger partial charge in [-0.3, -0.25) is 0 Å². The van der Waals surface area contributed by atoms with E-state index in [1.807, 2.05) is 0 Å². The summed E-state index contributed by atoms with van der Waals surface area (Å²) in [5, 5.41) is 2.08. The molecule has 70 valence electrons. The molecule has 0 bridgehead atoms. The smallest absolute Gasteiger partial charge is 0.0392 e. The summed E-state index contributed by atoms with van der Waals surface area (Å²) >= 11 is 1.75. The van der Waals surface area contributed by atoms with Crippen LogP contribution in [0.3, 0.4) is 0 Å². The maximum atomic E-state index is 5.95. The second kappa shape index (κ2) is 5.57. The lowest BCUT2D eigenvalue weighted by Crippen LogP contribution is -2.11. The highest BCUT2D eigenvalue weighted by Crippen LogP contribution is 2.22. The first-order valence-corrected chi connectivity index (χ1v) is 4.87. The van der Waals surface area contributed by atoms with E-state index in [1.165, 1.54) is 4.88 Å². The van der Waals surface area contributed by atoms with E-state index in [-0.39, 0.29) is 18.4 Å². The summed E-state index contributed by atoms with van der Waals surface area (Å²) < 4.78 is 0. The van der Waals surface area contributed by atoms with Gasteiger partial charge >= 0.3 is 0 Å². The van der Waals surface area contributed by atoms with Crippen molar-refractivity contribution >= 4 is 23.7 Å². The fraction of sp³-hybridized carbons (Fsp3) is 0.556. The van der Waals surface area contributed by atoms with Gasteiger partial charge in [-0.05, 0) is 23.8 Å². The fourth-order valence-corrected chi connectivity index (χ4v) is 1.87. The van der Waals surface area contributed by atoms with Crippen LogP contribution in [0.15, 0.2) is 17.5 Å². The van der Waals surface area contributed by atoms with Gasteiger partial charge in [-0.25, -0.2) is 0 Å². The van der Waals surface area contributed by atoms with Crippen LogP contribution in [0.4, 0.5) is 0 Å². The fourth-order valence-electron chi connectivity index (χ4n) is 1.13. The van der Waals surface area contributed by atoms with Crippen LogP contribution in [-0.2, 0) is 0 Å². The molecule has 1 heterocycles. The Morgan fingerprint density at radius 2 is 2.17 bits per heavy atom. The van der Waals surface area contributed by atoms with Crippen molar-refractivity contribution in [1.82, 2.24) is 0 Å². The first-order valence-electron chi connectivity index (χ1n) is 3.99. The van der Waals surface area contributed by atoms with Crippen LogP contribution >= 0.6 is 23.7 Å². The Labute approximate surface area is 84.4 Å². The van der Waals surface area contributed by atoms with E-state index in [0.717, 1.165) is 6.42 Å². The average molecular weight is 206 g/mol. The molecule has 12 heavy (non-hydrogen) atoms. The summed E-state index contributed by atoms with van der Waals surface area (Å²) in [6.07, 6.45) is 1.08. The Bertz CT molecular complexity index is 196. The minimum atomic E-state index is 0. The van der Waals surface area contributed by atoms with Crippen LogP contribution in [0, 0.1) is 5.92 Å². The van der Waals surface area contributed by atoms with Crippen molar-refractivity contribution in [2.75, 3.05) is 0 Å². The normalized spacial score (nSPS) is 12.7. The number of rotatable bonds is 3. The van der Waals surface area contributed by atoms with Gasteiger partial charge in [-0.2, -0.15) is 0 Å². The van der Waals surface area contributed by atoms with Gasteiger partial charge in [0.15, 0.2) is 0 Å². The topological polar surface area (TPSA) is 26.0 Å². The molecule has 1 atom stereocenters. The van der Waals surface area contributed by atoms with Crippen molar-refractivity contribution in [3.05, 3.63) is 22.4 Å². The lowest BCUT2D eigenvalue weighted by molar-refractivity contribution is 0.515. The van der Waals surface area contributed by atoms with Gasteiger partial charge in [0.25, 0.3) is 0 Å². The van der Waals surface area contributed by atoms with E-state index in [1.54, 1.807) is 11.3 Å². The van der Waals surface area contributed by atoms with E-state index in [9.17, 15) is 0 Å². The largest absolute Gasteiger partial charge is 0.323 e. The molecule has 0 spiro atoms. The molecule has 0 saturated carbocycles. The third kappa shape index (κ3) is 3.57. The van der Waals surface area contributed by atoms with Crippen molar-refractivity contribution in [1.29, 1.82) is 0 Å². The molecule has 1 rings (SSSR count). The van der Waals surface area contributed by atoms with E-state index >= 15 is 0 Å². The number of hydrogen-bond acceptors (Lipinski definition) is 2. The molecule has 1 aromatic rings. The van der Waals surface area contributed by atoms with Gasteiger partial charge in [0.2, 0.25) is 0 Å². The van der Waals surface area contributed by atoms with Gasteiger partial charge in [0, 0.05) is 10.9 Å². The summed E-state index contributed by atoms with van der Waals surface area (Å²) in [4.78, 5) is 1.30. The molecule has 2 N–H and O–H groups in total. The molecule has 0 aliphatic rings. The highest BCUT2D eigenvalue weighted by atomic mass is 35.5. The maximum Gasteiger partial charge on any atom is 0.0392 e. The first kappa shape index (κ1) is 11.9. The first-order chi connectivity index (χ1) is 5.20. The predicted molar refractivity (Wildman–Crippen MR) is 58.0 cm³/mol. The van der Waals surface area contributed by atoms with Gasteiger partial charge < -0.3 is 5.73 Å². The molecule has 1 aromatic heterocycles. The Morgan fingerprint density at radius 1 is 1.50 bits per heavy atom. The monoisotopic (exact) mass is 205 g/mol. The van der Waals surface area contributed by atoms with Crippen molar-refractivity contribution < 1.29 is 0 Å². The predicted octanol–water partition coefficient (Wildman–Crippen LogP) is 3.22. The number of halogens is 1. The second-order valence-electron chi connectivity index (χ2n) is 3.25. The van der Waals surface area contributed by atoms with Crippen LogP contribution in [0.5, 0.6) is 0 Å². The zero-order valence-electron chi connectivity index (χ0n) is 7.49.